The molecule has 0 radical (unpaired) electrons. The number of hydrogen-bond acceptors (Lipinski definition) is 5. The average Bonchev–Trinajstić information content (AvgIpc) is 3.53. The molecular formula is C29H43ClN4O4. The number of hydrogen-bond donors (Lipinski definition) is 1. The van der Waals surface area contributed by atoms with E-state index in [1.165, 1.54) is 12.8 Å². The summed E-state index contributed by atoms with van der Waals surface area (Å²) in [5, 5.41) is 3.64. The van der Waals surface area contributed by atoms with Crippen molar-refractivity contribution in [1.29, 1.82) is 0 Å². The Labute approximate surface area is 232 Å². The Morgan fingerprint density at radius 3 is 2.39 bits per heavy atom. The maximum absolute atomic E-state index is 13.1. The van der Waals surface area contributed by atoms with Gasteiger partial charge < -0.3 is 19.9 Å². The van der Waals surface area contributed by atoms with Crippen LogP contribution in [0.3, 0.4) is 0 Å². The summed E-state index contributed by atoms with van der Waals surface area (Å²) < 4.78 is 5.46. The molecule has 1 N–H and O–H groups in total. The lowest BCUT2D eigenvalue weighted by Crippen LogP contribution is -2.54. The van der Waals surface area contributed by atoms with Crippen LogP contribution >= 0.6 is 11.6 Å². The van der Waals surface area contributed by atoms with Gasteiger partial charge in [0, 0.05) is 61.9 Å². The molecule has 38 heavy (non-hydrogen) atoms. The van der Waals surface area contributed by atoms with E-state index in [9.17, 15) is 14.4 Å². The number of amides is 3. The maximum atomic E-state index is 13.1. The van der Waals surface area contributed by atoms with Crippen LogP contribution in [0.5, 0.6) is 0 Å². The fourth-order valence-electron chi connectivity index (χ4n) is 5.88. The number of carbonyl (C=O) groups is 3. The number of halogens is 1. The molecular weight excluding hydrogens is 504 g/mol. The minimum Gasteiger partial charge on any atom is -0.444 e. The van der Waals surface area contributed by atoms with Gasteiger partial charge in [-0.15, -0.1) is 0 Å². The molecule has 0 bridgehead atoms. The predicted molar refractivity (Wildman–Crippen MR) is 149 cm³/mol. The van der Waals surface area contributed by atoms with Crippen molar-refractivity contribution < 1.29 is 19.1 Å². The molecule has 3 aliphatic rings. The van der Waals surface area contributed by atoms with Gasteiger partial charge in [-0.05, 0) is 77.1 Å². The van der Waals surface area contributed by atoms with Gasteiger partial charge >= 0.3 is 6.09 Å². The molecule has 1 aliphatic carbocycles. The number of likely N-dealkylation sites (tertiary alicyclic amines) is 1. The lowest BCUT2D eigenvalue weighted by Gasteiger charge is -2.41. The zero-order valence-electron chi connectivity index (χ0n) is 23.5. The van der Waals surface area contributed by atoms with Crippen LogP contribution in [-0.2, 0) is 20.9 Å². The molecule has 2 saturated heterocycles. The van der Waals surface area contributed by atoms with Crippen LogP contribution < -0.4 is 5.32 Å². The molecule has 1 saturated carbocycles. The smallest absolute Gasteiger partial charge is 0.410 e. The minimum absolute atomic E-state index is 0.111. The number of rotatable bonds is 5. The van der Waals surface area contributed by atoms with Crippen molar-refractivity contribution in [2.75, 3.05) is 38.0 Å². The van der Waals surface area contributed by atoms with Gasteiger partial charge in [-0.25, -0.2) is 4.79 Å². The Morgan fingerprint density at radius 2 is 1.74 bits per heavy atom. The van der Waals surface area contributed by atoms with Crippen molar-refractivity contribution in [3.8, 4) is 0 Å². The summed E-state index contributed by atoms with van der Waals surface area (Å²) in [6.07, 6.45) is 4.61. The second-order valence-corrected chi connectivity index (χ2v) is 12.7. The highest BCUT2D eigenvalue weighted by molar-refractivity contribution is 6.31. The summed E-state index contributed by atoms with van der Waals surface area (Å²) in [6.45, 7) is 13.6. The van der Waals surface area contributed by atoms with Crippen molar-refractivity contribution in [2.24, 2.45) is 11.8 Å². The highest BCUT2D eigenvalue weighted by Gasteiger charge is 2.35. The average molecular weight is 547 g/mol. The molecule has 0 aromatic heterocycles. The van der Waals surface area contributed by atoms with E-state index in [2.05, 4.69) is 22.0 Å². The molecule has 0 spiro atoms. The molecule has 3 amide bonds. The molecule has 4 rings (SSSR count). The van der Waals surface area contributed by atoms with Crippen molar-refractivity contribution in [3.63, 3.8) is 0 Å². The summed E-state index contributed by atoms with van der Waals surface area (Å²) in [6, 6.07) is 3.93. The van der Waals surface area contributed by atoms with Crippen LogP contribution in [-0.4, -0.2) is 77.0 Å². The van der Waals surface area contributed by atoms with Crippen LogP contribution in [0.1, 0.15) is 70.9 Å². The van der Waals surface area contributed by atoms with Gasteiger partial charge in [-0.2, -0.15) is 0 Å². The minimum atomic E-state index is -0.568. The van der Waals surface area contributed by atoms with Gasteiger partial charge in [0.1, 0.15) is 5.60 Å². The van der Waals surface area contributed by atoms with E-state index in [4.69, 9.17) is 16.3 Å². The number of piperazine rings is 1. The molecule has 210 valence electrons. The molecule has 1 aromatic rings. The van der Waals surface area contributed by atoms with Crippen LogP contribution in [0.25, 0.3) is 0 Å². The Balaban J connectivity index is 1.35. The number of nitrogens with zero attached hydrogens (tertiary/aromatic N) is 3. The zero-order valence-corrected chi connectivity index (χ0v) is 24.3. The summed E-state index contributed by atoms with van der Waals surface area (Å²) in [5.74, 6) is 0.132. The largest absolute Gasteiger partial charge is 0.444 e. The Hall–Kier alpha value is -2.32. The molecule has 3 fully saturated rings. The van der Waals surface area contributed by atoms with Crippen LogP contribution in [0.4, 0.5) is 10.5 Å². The second kappa shape index (κ2) is 11.8. The summed E-state index contributed by atoms with van der Waals surface area (Å²) >= 11 is 6.48. The first-order valence-corrected chi connectivity index (χ1v) is 14.4. The fourth-order valence-corrected chi connectivity index (χ4v) is 6.12. The number of nitrogens with one attached hydrogen (secondary N) is 1. The van der Waals surface area contributed by atoms with E-state index >= 15 is 0 Å². The van der Waals surface area contributed by atoms with Crippen LogP contribution in [0, 0.1) is 18.8 Å². The van der Waals surface area contributed by atoms with Crippen molar-refractivity contribution in [3.05, 3.63) is 28.3 Å². The van der Waals surface area contributed by atoms with Gasteiger partial charge in [-0.3, -0.25) is 14.5 Å². The Kier molecular flexibility index (Phi) is 8.92. The van der Waals surface area contributed by atoms with E-state index in [1.807, 2.05) is 33.8 Å². The highest BCUT2D eigenvalue weighted by Crippen LogP contribution is 2.30. The van der Waals surface area contributed by atoms with E-state index < -0.39 is 5.60 Å². The van der Waals surface area contributed by atoms with Gasteiger partial charge in [0.05, 0.1) is 5.92 Å². The Bertz CT molecular complexity index is 1050. The fraction of sp³-hybridized carbons (Fsp3) is 0.690. The predicted octanol–water partition coefficient (Wildman–Crippen LogP) is 5.07. The number of carbonyl (C=O) groups excluding carboxylic acids is 3. The van der Waals surface area contributed by atoms with E-state index in [0.717, 1.165) is 43.6 Å². The van der Waals surface area contributed by atoms with Crippen LogP contribution in [0.15, 0.2) is 12.1 Å². The highest BCUT2D eigenvalue weighted by atomic mass is 35.5. The third-order valence-corrected chi connectivity index (χ3v) is 8.26. The maximum Gasteiger partial charge on any atom is 0.410 e. The Morgan fingerprint density at radius 1 is 1.03 bits per heavy atom. The SMILES string of the molecule is Cc1c(CN2CCN(C(=O)C3CCCC3)[C@@H](C)C2)cc(Cl)cc1NC(=O)[C@H]1CCN(C(=O)OC(C)(C)C)C1. The normalized spacial score (nSPS) is 23.1. The van der Waals surface area contributed by atoms with Crippen molar-refractivity contribution >= 4 is 35.2 Å². The van der Waals surface area contributed by atoms with Gasteiger partial charge in [0.25, 0.3) is 0 Å². The third kappa shape index (κ3) is 7.00. The monoisotopic (exact) mass is 546 g/mol. The standard InChI is InChI=1S/C29H43ClN4O4/c1-19-16-32(12-13-34(19)27(36)21-8-6-7-9-21)17-23-14-24(30)15-25(20(23)2)31-26(35)22-10-11-33(18-22)28(37)38-29(3,4)5/h14-15,19,21-22H,6-13,16-18H2,1-5H3,(H,31,35)/t19-,22-/m0/s1. The third-order valence-electron chi connectivity index (χ3n) is 8.04. The molecule has 2 aliphatic heterocycles. The quantitative estimate of drug-likeness (QED) is 0.558. The van der Waals surface area contributed by atoms with Crippen molar-refractivity contribution in [2.45, 2.75) is 84.9 Å². The molecule has 8 nitrogen and oxygen atoms in total. The molecule has 2 atom stereocenters. The van der Waals surface area contributed by atoms with Crippen LogP contribution in [0.2, 0.25) is 5.02 Å². The van der Waals surface area contributed by atoms with E-state index in [0.29, 0.717) is 42.7 Å². The lowest BCUT2D eigenvalue weighted by atomic mass is 10.0. The number of anilines is 1. The molecule has 1 aromatic carbocycles. The van der Waals surface area contributed by atoms with E-state index in [-0.39, 0.29) is 29.9 Å². The molecule has 0 unspecified atom stereocenters. The first-order chi connectivity index (χ1) is 17.9. The van der Waals surface area contributed by atoms with E-state index in [1.54, 1.807) is 11.0 Å². The number of benzene rings is 1. The lowest BCUT2D eigenvalue weighted by molar-refractivity contribution is -0.140. The molecule has 9 heteroatoms. The first-order valence-electron chi connectivity index (χ1n) is 14.0. The van der Waals surface area contributed by atoms with Gasteiger partial charge in [0.15, 0.2) is 0 Å². The summed E-state index contributed by atoms with van der Waals surface area (Å²) in [5.41, 5.74) is 2.19. The van der Waals surface area contributed by atoms with Gasteiger partial charge in [-0.1, -0.05) is 24.4 Å². The van der Waals surface area contributed by atoms with Gasteiger partial charge in [0.2, 0.25) is 11.8 Å². The topological polar surface area (TPSA) is 82.2 Å². The molecule has 2 heterocycles. The number of ether oxygens (including phenoxy) is 1. The zero-order chi connectivity index (χ0) is 27.6. The first kappa shape index (κ1) is 28.7. The van der Waals surface area contributed by atoms with Crippen molar-refractivity contribution in [1.82, 2.24) is 14.7 Å². The summed E-state index contributed by atoms with van der Waals surface area (Å²) in [7, 11) is 0. The summed E-state index contributed by atoms with van der Waals surface area (Å²) in [4.78, 5) is 44.5. The second-order valence-electron chi connectivity index (χ2n) is 12.2.